The lowest BCUT2D eigenvalue weighted by Crippen LogP contribution is -1.98. The van der Waals surface area contributed by atoms with Crippen LogP contribution in [0.2, 0.25) is 0 Å². The van der Waals surface area contributed by atoms with E-state index in [-0.39, 0.29) is 0 Å². The molecule has 0 aliphatic heterocycles. The average Bonchev–Trinajstić information content (AvgIpc) is 1.21. The lowest BCUT2D eigenvalue weighted by atomic mass is 11.7. The van der Waals surface area contributed by atoms with Crippen LogP contribution in [0.15, 0.2) is 0 Å². The maximum Gasteiger partial charge on any atom is 0.246 e. The first-order valence-electron chi connectivity index (χ1n) is 1.32. The Morgan fingerprint density at radius 3 is 1.75 bits per heavy atom. The molecule has 0 aliphatic carbocycles. The van der Waals surface area contributed by atoms with Gasteiger partial charge in [-0.1, -0.05) is 0 Å². The smallest absolute Gasteiger partial charge is 0.246 e. The van der Waals surface area contributed by atoms with Crippen LogP contribution in [0.4, 0.5) is 0 Å². The molecule has 0 bridgehead atoms. The van der Waals surface area contributed by atoms with Crippen LogP contribution in [-0.2, 0) is 4.52 Å². The number of halogens is 4. The molecular formula is CHBr4O2P. The molecule has 0 saturated heterocycles. The van der Waals surface area contributed by atoms with Crippen molar-refractivity contribution in [3.63, 3.8) is 0 Å². The summed E-state index contributed by atoms with van der Waals surface area (Å²) in [6.07, 6.45) is 0. The van der Waals surface area contributed by atoms with Crippen LogP contribution in [-0.4, -0.2) is 7.22 Å². The minimum Gasteiger partial charge on any atom is -0.341 e. The van der Waals surface area contributed by atoms with E-state index in [4.69, 9.17) is 9.42 Å². The van der Waals surface area contributed by atoms with Gasteiger partial charge in [0.05, 0.1) is 0 Å². The van der Waals surface area contributed by atoms with Crippen molar-refractivity contribution in [3.05, 3.63) is 0 Å². The molecule has 2 nitrogen and oxygen atoms in total. The summed E-state index contributed by atoms with van der Waals surface area (Å²) >= 11 is 11.9. The largest absolute Gasteiger partial charge is 0.341 e. The van der Waals surface area contributed by atoms with E-state index in [0.29, 0.717) is 0 Å². The van der Waals surface area contributed by atoms with Crippen molar-refractivity contribution in [1.29, 1.82) is 0 Å². The molecule has 1 atom stereocenters. The fraction of sp³-hybridized carbons (Fsp3) is 1.00. The lowest BCUT2D eigenvalue weighted by molar-refractivity contribution is 0.359. The SMILES string of the molecule is OP(Br)OC(Br)(Br)Br. The molecule has 0 amide bonds. The van der Waals surface area contributed by atoms with E-state index in [1.54, 1.807) is 0 Å². The molecule has 0 saturated carbocycles. The van der Waals surface area contributed by atoms with Crippen LogP contribution in [0, 0.1) is 0 Å². The normalized spacial score (nSPS) is 16.1. The van der Waals surface area contributed by atoms with E-state index in [0.717, 1.165) is 0 Å². The third-order valence-electron chi connectivity index (χ3n) is 0.179. The molecule has 0 fully saturated rings. The van der Waals surface area contributed by atoms with Crippen molar-refractivity contribution in [2.24, 2.45) is 0 Å². The zero-order valence-electron chi connectivity index (χ0n) is 3.31. The third-order valence-corrected chi connectivity index (χ3v) is 2.27. The molecule has 1 unspecified atom stereocenters. The second-order valence-corrected chi connectivity index (χ2v) is 9.76. The molecule has 1 N–H and O–H groups in total. The number of alkyl halides is 3. The van der Waals surface area contributed by atoms with Gasteiger partial charge in [0.25, 0.3) is 0 Å². The van der Waals surface area contributed by atoms with Gasteiger partial charge in [-0.05, 0) is 47.8 Å². The zero-order chi connectivity index (χ0) is 6.78. The summed E-state index contributed by atoms with van der Waals surface area (Å²) in [7, 11) is -1.52. The summed E-state index contributed by atoms with van der Waals surface area (Å²) < 4.78 is 3.92. The summed E-state index contributed by atoms with van der Waals surface area (Å²) in [6.45, 7) is 0. The van der Waals surface area contributed by atoms with Crippen LogP contribution in [0.25, 0.3) is 0 Å². The van der Waals surface area contributed by atoms with E-state index in [1.807, 2.05) is 0 Å². The molecule has 0 aromatic carbocycles. The van der Waals surface area contributed by atoms with E-state index >= 15 is 0 Å². The van der Waals surface area contributed by atoms with Crippen molar-refractivity contribution < 1.29 is 9.42 Å². The fourth-order valence-electron chi connectivity index (χ4n) is 0.0854. The molecule has 0 heterocycles. The number of hydrogen-bond acceptors (Lipinski definition) is 2. The Morgan fingerprint density at radius 1 is 1.38 bits per heavy atom. The summed E-state index contributed by atoms with van der Waals surface area (Å²) in [4.78, 5) is 8.56. The molecule has 0 spiro atoms. The Morgan fingerprint density at radius 2 is 1.75 bits per heavy atom. The Hall–Kier alpha value is 2.27. The van der Waals surface area contributed by atoms with E-state index in [2.05, 4.69) is 63.3 Å². The van der Waals surface area contributed by atoms with Gasteiger partial charge in [-0.3, -0.25) is 4.52 Å². The third kappa shape index (κ3) is 8.27. The monoisotopic (exact) mass is 392 g/mol. The Labute approximate surface area is 81.4 Å². The van der Waals surface area contributed by atoms with Gasteiger partial charge in [0, 0.05) is 15.5 Å². The minimum atomic E-state index is -1.52. The van der Waals surface area contributed by atoms with Crippen LogP contribution >= 0.6 is 70.4 Å². The van der Waals surface area contributed by atoms with Gasteiger partial charge in [-0.15, -0.1) is 0 Å². The maximum atomic E-state index is 8.56. The van der Waals surface area contributed by atoms with Gasteiger partial charge in [0.1, 0.15) is 0 Å². The maximum absolute atomic E-state index is 8.56. The summed E-state index contributed by atoms with van der Waals surface area (Å²) in [5.41, 5.74) is 0. The Balaban J connectivity index is 3.39. The molecule has 0 radical (unpaired) electrons. The molecular weight excluding hydrogens is 395 g/mol. The lowest BCUT2D eigenvalue weighted by Gasteiger charge is -2.12. The summed E-state index contributed by atoms with van der Waals surface area (Å²) in [5.74, 6) is 0. The number of rotatable bonds is 1. The molecule has 7 heteroatoms. The highest BCUT2D eigenvalue weighted by Gasteiger charge is 2.21. The highest BCUT2D eigenvalue weighted by molar-refractivity contribution is 9.40. The summed E-state index contributed by atoms with van der Waals surface area (Å²) in [6, 6.07) is 0. The topological polar surface area (TPSA) is 29.5 Å². The van der Waals surface area contributed by atoms with Gasteiger partial charge < -0.3 is 4.89 Å². The van der Waals surface area contributed by atoms with E-state index in [9.17, 15) is 0 Å². The fourth-order valence-corrected chi connectivity index (χ4v) is 3.89. The zero-order valence-corrected chi connectivity index (χ0v) is 10.6. The molecule has 0 aliphatic rings. The van der Waals surface area contributed by atoms with Gasteiger partial charge in [0.2, 0.25) is 9.41 Å². The minimum absolute atomic E-state index is 0.809. The first-order valence-corrected chi connectivity index (χ1v) is 6.93. The predicted octanol–water partition coefficient (Wildman–Crippen LogP) is 3.41. The predicted molar refractivity (Wildman–Crippen MR) is 48.7 cm³/mol. The first-order chi connectivity index (χ1) is 3.42. The van der Waals surface area contributed by atoms with Gasteiger partial charge in [0.15, 0.2) is 0 Å². The second-order valence-electron chi connectivity index (χ2n) is 0.763. The highest BCUT2D eigenvalue weighted by Crippen LogP contribution is 2.51. The molecule has 0 aromatic rings. The molecule has 50 valence electrons. The first kappa shape index (κ1) is 10.3. The Bertz CT molecular complexity index is 68.9. The van der Waals surface area contributed by atoms with Crippen LogP contribution < -0.4 is 0 Å². The van der Waals surface area contributed by atoms with E-state index < -0.39 is 9.41 Å². The van der Waals surface area contributed by atoms with E-state index in [1.165, 1.54) is 0 Å². The molecule has 0 rings (SSSR count). The van der Waals surface area contributed by atoms with Crippen LogP contribution in [0.1, 0.15) is 0 Å². The van der Waals surface area contributed by atoms with Crippen molar-refractivity contribution in [2.45, 2.75) is 2.33 Å². The molecule has 0 aromatic heterocycles. The van der Waals surface area contributed by atoms with Crippen molar-refractivity contribution in [1.82, 2.24) is 0 Å². The van der Waals surface area contributed by atoms with Gasteiger partial charge >= 0.3 is 0 Å². The van der Waals surface area contributed by atoms with Crippen LogP contribution in [0.3, 0.4) is 0 Å². The van der Waals surface area contributed by atoms with Crippen LogP contribution in [0.5, 0.6) is 0 Å². The highest BCUT2D eigenvalue weighted by atomic mass is 80.0. The quantitative estimate of drug-likeness (QED) is 0.545. The average molecular weight is 396 g/mol. The number of hydrogen-bond donors (Lipinski definition) is 1. The van der Waals surface area contributed by atoms with Gasteiger partial charge in [-0.2, -0.15) is 0 Å². The standard InChI is InChI=1S/CHBr4O2P/c2-1(3,4)7-8(5)6/h6H. The van der Waals surface area contributed by atoms with Crippen molar-refractivity contribution >= 4 is 70.4 Å². The summed E-state index contributed by atoms with van der Waals surface area (Å²) in [5, 5.41) is 0. The second kappa shape index (κ2) is 4.21. The van der Waals surface area contributed by atoms with Gasteiger partial charge in [-0.25, -0.2) is 0 Å². The van der Waals surface area contributed by atoms with Crippen molar-refractivity contribution in [2.75, 3.05) is 0 Å². The Kier molecular flexibility index (Phi) is 5.41. The van der Waals surface area contributed by atoms with Crippen molar-refractivity contribution in [3.8, 4) is 0 Å². The molecule has 8 heavy (non-hydrogen) atoms.